The van der Waals surface area contributed by atoms with Crippen LogP contribution in [-0.4, -0.2) is 13.2 Å². The molecule has 0 aliphatic rings. The van der Waals surface area contributed by atoms with Crippen molar-refractivity contribution in [2.75, 3.05) is 13.2 Å². The van der Waals surface area contributed by atoms with E-state index in [1.54, 1.807) is 0 Å². The second-order valence-corrected chi connectivity index (χ2v) is 9.89. The fourth-order valence-electron chi connectivity index (χ4n) is 3.57. The zero-order chi connectivity index (χ0) is 21.5. The Hall–Kier alpha value is 0.616. The summed E-state index contributed by atoms with van der Waals surface area (Å²) in [6.07, 6.45) is 24.5. The molecule has 0 radical (unpaired) electrons. The van der Waals surface area contributed by atoms with E-state index < -0.39 is 7.82 Å². The first kappa shape index (κ1) is 32.8. The molecule has 0 heterocycles. The zero-order valence-corrected chi connectivity index (χ0v) is 21.9. The molecule has 0 amide bonds. The van der Waals surface area contributed by atoms with Gasteiger partial charge in [-0.05, 0) is 12.8 Å². The van der Waals surface area contributed by atoms with E-state index in [0.29, 0.717) is 0 Å². The van der Waals surface area contributed by atoms with Crippen LogP contribution in [0.2, 0.25) is 0 Å². The second kappa shape index (κ2) is 25.9. The van der Waals surface area contributed by atoms with Crippen molar-refractivity contribution >= 4 is 7.82 Å². The molecule has 0 aromatic heterocycles. The summed E-state index contributed by atoms with van der Waals surface area (Å²) in [5.41, 5.74) is 0. The summed E-state index contributed by atoms with van der Waals surface area (Å²) in [5.74, 6) is 0. The van der Waals surface area contributed by atoms with Gasteiger partial charge in [-0.25, -0.2) is 0 Å². The molecule has 0 spiro atoms. The van der Waals surface area contributed by atoms with Crippen molar-refractivity contribution in [2.24, 2.45) is 0 Å². The van der Waals surface area contributed by atoms with Crippen molar-refractivity contribution in [3.8, 4) is 0 Å². The summed E-state index contributed by atoms with van der Waals surface area (Å²) in [7, 11) is -4.10. The van der Waals surface area contributed by atoms with Gasteiger partial charge in [-0.3, -0.25) is 4.57 Å². The molecule has 0 fully saturated rings. The number of unbranched alkanes of at least 4 members (excludes halogenated alkanes) is 18. The van der Waals surface area contributed by atoms with Gasteiger partial charge in [0, 0.05) is 0 Å². The van der Waals surface area contributed by atoms with Gasteiger partial charge in [-0.15, -0.1) is 0 Å². The maximum absolute atomic E-state index is 11.7. The molecule has 0 unspecified atom stereocenters. The van der Waals surface area contributed by atoms with Crippen LogP contribution in [0.5, 0.6) is 0 Å². The molecule has 4 nitrogen and oxygen atoms in total. The van der Waals surface area contributed by atoms with Crippen molar-refractivity contribution in [1.29, 1.82) is 0 Å². The van der Waals surface area contributed by atoms with E-state index in [1.807, 2.05) is 0 Å². The van der Waals surface area contributed by atoms with Crippen LogP contribution < -0.4 is 4.89 Å². The Balaban J connectivity index is 0. The predicted molar refractivity (Wildman–Crippen MR) is 123 cm³/mol. The van der Waals surface area contributed by atoms with Gasteiger partial charge in [0.25, 0.3) is 7.82 Å². The van der Waals surface area contributed by atoms with E-state index in [-0.39, 0.29) is 30.0 Å². The van der Waals surface area contributed by atoms with Crippen molar-refractivity contribution in [2.45, 2.75) is 142 Å². The van der Waals surface area contributed by atoms with Crippen LogP contribution in [0, 0.1) is 0 Å². The van der Waals surface area contributed by atoms with Crippen LogP contribution in [0.3, 0.4) is 0 Å². The number of phosphoric acid groups is 1. The fraction of sp³-hybridized carbons (Fsp3) is 1.00. The van der Waals surface area contributed by atoms with Gasteiger partial charge in [0.15, 0.2) is 0 Å². The maximum atomic E-state index is 11.7. The molecule has 0 aliphatic heterocycles. The molecular formula is C24H50CoO4P+2. The first-order chi connectivity index (χ1) is 14.1. The van der Waals surface area contributed by atoms with E-state index in [9.17, 15) is 9.46 Å². The molecule has 0 aromatic rings. The molecule has 0 aromatic carbocycles. The molecule has 0 rings (SSSR count). The van der Waals surface area contributed by atoms with E-state index in [2.05, 4.69) is 13.8 Å². The summed E-state index contributed by atoms with van der Waals surface area (Å²) in [6, 6.07) is 0. The van der Waals surface area contributed by atoms with E-state index >= 15 is 0 Å². The average molecular weight is 493 g/mol. The minimum absolute atomic E-state index is 0. The van der Waals surface area contributed by atoms with E-state index in [0.717, 1.165) is 25.7 Å². The molecule has 0 saturated carbocycles. The normalized spacial score (nSPS) is 11.6. The molecule has 30 heavy (non-hydrogen) atoms. The van der Waals surface area contributed by atoms with Crippen LogP contribution in [0.25, 0.3) is 0 Å². The molecule has 0 atom stereocenters. The molecule has 0 bridgehead atoms. The van der Waals surface area contributed by atoms with Gasteiger partial charge in [-0.1, -0.05) is 129 Å². The average Bonchev–Trinajstić information content (AvgIpc) is 2.70. The van der Waals surface area contributed by atoms with Crippen molar-refractivity contribution in [3.63, 3.8) is 0 Å². The van der Waals surface area contributed by atoms with E-state index in [4.69, 9.17) is 9.05 Å². The summed E-state index contributed by atoms with van der Waals surface area (Å²) < 4.78 is 21.7. The van der Waals surface area contributed by atoms with Crippen LogP contribution >= 0.6 is 7.82 Å². The molecule has 6 heteroatoms. The predicted octanol–water partition coefficient (Wildman–Crippen LogP) is 8.33. The number of phosphoric ester groups is 1. The van der Waals surface area contributed by atoms with Gasteiger partial charge >= 0.3 is 16.8 Å². The third kappa shape index (κ3) is 26.7. The Morgan fingerprint density at radius 3 is 1.00 bits per heavy atom. The number of hydrogen-bond donors (Lipinski definition) is 0. The Morgan fingerprint density at radius 2 is 0.733 bits per heavy atom. The van der Waals surface area contributed by atoms with E-state index in [1.165, 1.54) is 103 Å². The number of rotatable bonds is 24. The van der Waals surface area contributed by atoms with Gasteiger partial charge in [-0.2, -0.15) is 0 Å². The smallest absolute Gasteiger partial charge is 0.756 e. The van der Waals surface area contributed by atoms with Gasteiger partial charge in [0.1, 0.15) is 0 Å². The molecule has 0 N–H and O–H groups in total. The van der Waals surface area contributed by atoms with Gasteiger partial charge in [0.05, 0.1) is 13.2 Å². The Morgan fingerprint density at radius 1 is 0.500 bits per heavy atom. The summed E-state index contributed by atoms with van der Waals surface area (Å²) >= 11 is 0. The Bertz CT molecular complexity index is 339. The molecule has 0 aliphatic carbocycles. The molecule has 182 valence electrons. The topological polar surface area (TPSA) is 58.6 Å². The van der Waals surface area contributed by atoms with Gasteiger partial charge in [0.2, 0.25) is 0 Å². The number of hydrogen-bond acceptors (Lipinski definition) is 4. The largest absolute Gasteiger partial charge is 3.00 e. The van der Waals surface area contributed by atoms with Crippen molar-refractivity contribution in [3.05, 3.63) is 0 Å². The van der Waals surface area contributed by atoms with Gasteiger partial charge < -0.3 is 13.9 Å². The zero-order valence-electron chi connectivity index (χ0n) is 20.0. The monoisotopic (exact) mass is 492 g/mol. The third-order valence-electron chi connectivity index (χ3n) is 5.49. The SMILES string of the molecule is CCCCCCCCCCCCOP(=O)([O-])OCCCCCCCCCCCC.[Co+3]. The Labute approximate surface area is 198 Å². The third-order valence-corrected chi connectivity index (χ3v) is 6.49. The van der Waals surface area contributed by atoms with Crippen molar-refractivity contribution in [1.82, 2.24) is 0 Å². The Kier molecular flexibility index (Phi) is 28.3. The first-order valence-electron chi connectivity index (χ1n) is 12.7. The van der Waals surface area contributed by atoms with Crippen LogP contribution in [0.1, 0.15) is 142 Å². The quantitative estimate of drug-likeness (QED) is 0.100. The molecule has 0 saturated heterocycles. The van der Waals surface area contributed by atoms with Crippen LogP contribution in [-0.2, 0) is 30.4 Å². The van der Waals surface area contributed by atoms with Crippen LogP contribution in [0.4, 0.5) is 0 Å². The standard InChI is InChI=1S/C24H51O4P.Co/c1-3-5-7-9-11-13-15-17-19-21-23-27-29(25,26)28-24-22-20-18-16-14-12-10-8-6-4-2;/h3-24H2,1-2H3,(H,25,26);/q;+3/p-1. The summed E-state index contributed by atoms with van der Waals surface area (Å²) in [4.78, 5) is 11.7. The summed E-state index contributed by atoms with van der Waals surface area (Å²) in [6.45, 7) is 5.00. The van der Waals surface area contributed by atoms with Crippen molar-refractivity contribution < 1.29 is 35.3 Å². The maximum Gasteiger partial charge on any atom is 3.00 e. The minimum Gasteiger partial charge on any atom is -0.756 e. The summed E-state index contributed by atoms with van der Waals surface area (Å²) in [5, 5.41) is 0. The fourth-order valence-corrected chi connectivity index (χ4v) is 4.35. The minimum atomic E-state index is -4.10. The molecular weight excluding hydrogens is 442 g/mol. The second-order valence-electron chi connectivity index (χ2n) is 8.48. The van der Waals surface area contributed by atoms with Crippen LogP contribution in [0.15, 0.2) is 0 Å². The first-order valence-corrected chi connectivity index (χ1v) is 14.2.